The molecule has 1 amide bonds. The van der Waals surface area contributed by atoms with Crippen LogP contribution in [0.15, 0.2) is 0 Å². The standard InChI is InChI=1S/C11H19N3O/c1-14(2)8-10(15)13-11(9-12)6-4-3-5-7-11/h3-8H2,1-2H3,(H,13,15). The van der Waals surface area contributed by atoms with Crippen LogP contribution in [0.4, 0.5) is 0 Å². The largest absolute Gasteiger partial charge is 0.337 e. The van der Waals surface area contributed by atoms with Crippen molar-refractivity contribution in [2.45, 2.75) is 37.6 Å². The fourth-order valence-corrected chi connectivity index (χ4v) is 2.01. The summed E-state index contributed by atoms with van der Waals surface area (Å²) in [7, 11) is 3.69. The maximum atomic E-state index is 11.6. The van der Waals surface area contributed by atoms with Crippen LogP contribution in [0.5, 0.6) is 0 Å². The molecule has 0 aromatic carbocycles. The van der Waals surface area contributed by atoms with Gasteiger partial charge in [-0.2, -0.15) is 5.26 Å². The number of carbonyl (C=O) groups excluding carboxylic acids is 1. The van der Waals surface area contributed by atoms with E-state index in [0.717, 1.165) is 25.7 Å². The number of likely N-dealkylation sites (N-methyl/N-ethyl adjacent to an activating group) is 1. The number of hydrogen-bond donors (Lipinski definition) is 1. The van der Waals surface area contributed by atoms with E-state index in [1.54, 1.807) is 0 Å². The van der Waals surface area contributed by atoms with Crippen molar-refractivity contribution in [2.24, 2.45) is 0 Å². The van der Waals surface area contributed by atoms with Crippen molar-refractivity contribution in [2.75, 3.05) is 20.6 Å². The predicted octanol–water partition coefficient (Wildman–Crippen LogP) is 0.891. The lowest BCUT2D eigenvalue weighted by molar-refractivity contribution is -0.123. The Kier molecular flexibility index (Phi) is 4.10. The van der Waals surface area contributed by atoms with Crippen LogP contribution in [-0.4, -0.2) is 37.0 Å². The van der Waals surface area contributed by atoms with Crippen molar-refractivity contribution in [3.8, 4) is 6.07 Å². The smallest absolute Gasteiger partial charge is 0.235 e. The van der Waals surface area contributed by atoms with Crippen LogP contribution in [0.2, 0.25) is 0 Å². The highest BCUT2D eigenvalue weighted by Crippen LogP contribution is 2.27. The van der Waals surface area contributed by atoms with E-state index in [9.17, 15) is 4.79 Å². The molecule has 0 atom stereocenters. The molecular weight excluding hydrogens is 190 g/mol. The van der Waals surface area contributed by atoms with Crippen molar-refractivity contribution in [1.29, 1.82) is 5.26 Å². The molecule has 1 saturated carbocycles. The van der Waals surface area contributed by atoms with Crippen LogP contribution in [0, 0.1) is 11.3 Å². The summed E-state index contributed by atoms with van der Waals surface area (Å²) in [6.07, 6.45) is 4.84. The van der Waals surface area contributed by atoms with E-state index < -0.39 is 5.54 Å². The van der Waals surface area contributed by atoms with Crippen molar-refractivity contribution in [3.63, 3.8) is 0 Å². The van der Waals surface area contributed by atoms with E-state index in [4.69, 9.17) is 5.26 Å². The minimum Gasteiger partial charge on any atom is -0.337 e. The third-order valence-corrected chi connectivity index (χ3v) is 2.76. The lowest BCUT2D eigenvalue weighted by atomic mass is 9.83. The second-order valence-corrected chi connectivity index (χ2v) is 4.54. The minimum absolute atomic E-state index is 0.0524. The van der Waals surface area contributed by atoms with Crippen molar-refractivity contribution in [3.05, 3.63) is 0 Å². The number of carbonyl (C=O) groups is 1. The summed E-state index contributed by atoms with van der Waals surface area (Å²) in [5.74, 6) is -0.0524. The van der Waals surface area contributed by atoms with Crippen LogP contribution in [0.25, 0.3) is 0 Å². The molecule has 84 valence electrons. The molecule has 1 aliphatic rings. The van der Waals surface area contributed by atoms with Gasteiger partial charge in [-0.1, -0.05) is 19.3 Å². The number of nitrogens with zero attached hydrogens (tertiary/aromatic N) is 2. The molecule has 1 aliphatic carbocycles. The second-order valence-electron chi connectivity index (χ2n) is 4.54. The predicted molar refractivity (Wildman–Crippen MR) is 58.1 cm³/mol. The summed E-state index contributed by atoms with van der Waals surface area (Å²) >= 11 is 0. The van der Waals surface area contributed by atoms with Crippen LogP contribution in [0.1, 0.15) is 32.1 Å². The maximum absolute atomic E-state index is 11.6. The van der Waals surface area contributed by atoms with Gasteiger partial charge >= 0.3 is 0 Å². The van der Waals surface area contributed by atoms with Gasteiger partial charge in [-0.05, 0) is 26.9 Å². The Labute approximate surface area is 91.2 Å². The number of hydrogen-bond acceptors (Lipinski definition) is 3. The van der Waals surface area contributed by atoms with E-state index >= 15 is 0 Å². The number of nitriles is 1. The first-order valence-corrected chi connectivity index (χ1v) is 5.45. The fourth-order valence-electron chi connectivity index (χ4n) is 2.01. The van der Waals surface area contributed by atoms with Gasteiger partial charge in [0, 0.05) is 0 Å². The van der Waals surface area contributed by atoms with E-state index in [-0.39, 0.29) is 5.91 Å². The molecule has 1 N–H and O–H groups in total. The Morgan fingerprint density at radius 3 is 2.47 bits per heavy atom. The molecule has 0 unspecified atom stereocenters. The minimum atomic E-state index is -0.592. The van der Waals surface area contributed by atoms with Crippen LogP contribution in [0.3, 0.4) is 0 Å². The van der Waals surface area contributed by atoms with Crippen molar-refractivity contribution < 1.29 is 4.79 Å². The molecule has 1 fully saturated rings. The molecule has 4 nitrogen and oxygen atoms in total. The summed E-state index contributed by atoms with van der Waals surface area (Å²) < 4.78 is 0. The highest BCUT2D eigenvalue weighted by Gasteiger charge is 2.33. The zero-order chi connectivity index (χ0) is 11.3. The summed E-state index contributed by atoms with van der Waals surface area (Å²) in [6.45, 7) is 0.351. The molecule has 4 heteroatoms. The lowest BCUT2D eigenvalue weighted by Crippen LogP contribution is -2.50. The topological polar surface area (TPSA) is 56.1 Å². The van der Waals surface area contributed by atoms with Crippen LogP contribution < -0.4 is 5.32 Å². The SMILES string of the molecule is CN(C)CC(=O)NC1(C#N)CCCCC1. The molecule has 15 heavy (non-hydrogen) atoms. The first-order valence-electron chi connectivity index (χ1n) is 5.45. The summed E-state index contributed by atoms with van der Waals surface area (Å²) in [5.41, 5.74) is -0.592. The van der Waals surface area contributed by atoms with Gasteiger partial charge < -0.3 is 10.2 Å². The molecule has 0 saturated heterocycles. The second kappa shape index (κ2) is 5.13. The van der Waals surface area contributed by atoms with Gasteiger partial charge in [0.1, 0.15) is 5.54 Å². The summed E-state index contributed by atoms with van der Waals surface area (Å²) in [6, 6.07) is 2.27. The monoisotopic (exact) mass is 209 g/mol. The lowest BCUT2D eigenvalue weighted by Gasteiger charge is -2.31. The zero-order valence-electron chi connectivity index (χ0n) is 9.55. The van der Waals surface area contributed by atoms with Crippen molar-refractivity contribution >= 4 is 5.91 Å². The third-order valence-electron chi connectivity index (χ3n) is 2.76. The summed E-state index contributed by atoms with van der Waals surface area (Å²) in [5, 5.41) is 12.0. The normalized spacial score (nSPS) is 19.6. The molecule has 0 radical (unpaired) electrons. The van der Waals surface area contributed by atoms with Crippen LogP contribution >= 0.6 is 0 Å². The van der Waals surface area contributed by atoms with Gasteiger partial charge in [-0.25, -0.2) is 0 Å². The average molecular weight is 209 g/mol. The number of amides is 1. The Morgan fingerprint density at radius 1 is 1.40 bits per heavy atom. The molecule has 0 spiro atoms. The van der Waals surface area contributed by atoms with E-state index in [1.807, 2.05) is 19.0 Å². The van der Waals surface area contributed by atoms with Gasteiger partial charge in [0.25, 0.3) is 0 Å². The highest BCUT2D eigenvalue weighted by molar-refractivity contribution is 5.79. The number of rotatable bonds is 3. The fraction of sp³-hybridized carbons (Fsp3) is 0.818. The Balaban J connectivity index is 2.52. The molecular formula is C11H19N3O. The Hall–Kier alpha value is -1.08. The van der Waals surface area contributed by atoms with Gasteiger partial charge in [0.05, 0.1) is 12.6 Å². The maximum Gasteiger partial charge on any atom is 0.235 e. The first kappa shape index (κ1) is 12.0. The van der Waals surface area contributed by atoms with E-state index in [1.165, 1.54) is 6.42 Å². The zero-order valence-corrected chi connectivity index (χ0v) is 9.55. The van der Waals surface area contributed by atoms with E-state index in [0.29, 0.717) is 6.54 Å². The van der Waals surface area contributed by atoms with Gasteiger partial charge in [-0.15, -0.1) is 0 Å². The third kappa shape index (κ3) is 3.52. The Bertz CT molecular complexity index is 261. The Morgan fingerprint density at radius 2 is 2.00 bits per heavy atom. The molecule has 0 aromatic heterocycles. The van der Waals surface area contributed by atoms with Gasteiger partial charge in [0.15, 0.2) is 0 Å². The molecule has 0 heterocycles. The quantitative estimate of drug-likeness (QED) is 0.751. The molecule has 0 aromatic rings. The first-order chi connectivity index (χ1) is 7.08. The molecule has 1 rings (SSSR count). The average Bonchev–Trinajstić information content (AvgIpc) is 2.17. The van der Waals surface area contributed by atoms with Crippen LogP contribution in [-0.2, 0) is 4.79 Å². The van der Waals surface area contributed by atoms with Gasteiger partial charge in [-0.3, -0.25) is 4.79 Å². The number of nitrogens with one attached hydrogen (secondary N) is 1. The highest BCUT2D eigenvalue weighted by atomic mass is 16.2. The molecule has 0 bridgehead atoms. The van der Waals surface area contributed by atoms with E-state index in [2.05, 4.69) is 11.4 Å². The van der Waals surface area contributed by atoms with Gasteiger partial charge in [0.2, 0.25) is 5.91 Å². The van der Waals surface area contributed by atoms with Crippen molar-refractivity contribution in [1.82, 2.24) is 10.2 Å². The summed E-state index contributed by atoms with van der Waals surface area (Å²) in [4.78, 5) is 13.4. The molecule has 0 aliphatic heterocycles.